The summed E-state index contributed by atoms with van der Waals surface area (Å²) in [6.45, 7) is 5.90. The smallest absolute Gasteiger partial charge is 0.343 e. The van der Waals surface area contributed by atoms with Crippen molar-refractivity contribution in [2.45, 2.75) is 26.7 Å². The molecule has 4 rings (SSSR count). The van der Waals surface area contributed by atoms with E-state index in [9.17, 15) is 9.59 Å². The Balaban J connectivity index is 1.86. The van der Waals surface area contributed by atoms with Crippen LogP contribution in [0.1, 0.15) is 36.5 Å². The van der Waals surface area contributed by atoms with Gasteiger partial charge in [-0.05, 0) is 97.8 Å². The van der Waals surface area contributed by atoms with E-state index in [1.165, 1.54) is 11.8 Å². The highest BCUT2D eigenvalue weighted by atomic mass is 79.9. The number of methoxy groups -OCH3 is 2. The van der Waals surface area contributed by atoms with Gasteiger partial charge >= 0.3 is 5.97 Å². The minimum Gasteiger partial charge on any atom is -0.496 e. The Hall–Kier alpha value is -3.50. The SMILES string of the molecule is COC(=O)COc1c(Br)cc(C=Nn2c(-c3cc(C(C)C)c(OC)cc3C)nc3ccccc3c2=O)cc1Br. The van der Waals surface area contributed by atoms with Crippen LogP contribution in [0.2, 0.25) is 0 Å². The minimum atomic E-state index is -0.496. The molecule has 10 heteroatoms. The van der Waals surface area contributed by atoms with Gasteiger partial charge in [0.2, 0.25) is 0 Å². The van der Waals surface area contributed by atoms with Crippen molar-refractivity contribution in [3.8, 4) is 22.9 Å². The minimum absolute atomic E-state index is 0.193. The third kappa shape index (κ3) is 6.07. The molecular weight excluding hydrogens is 630 g/mol. The quantitative estimate of drug-likeness (QED) is 0.160. The monoisotopic (exact) mass is 655 g/mol. The molecule has 0 saturated carbocycles. The van der Waals surface area contributed by atoms with Crippen LogP contribution in [0.15, 0.2) is 67.4 Å². The molecule has 0 aliphatic carbocycles. The molecule has 0 atom stereocenters. The number of carbonyl (C=O) groups is 1. The van der Waals surface area contributed by atoms with Gasteiger partial charge in [0.1, 0.15) is 11.5 Å². The van der Waals surface area contributed by atoms with Gasteiger partial charge in [0, 0.05) is 5.56 Å². The summed E-state index contributed by atoms with van der Waals surface area (Å²) in [7, 11) is 2.95. The summed E-state index contributed by atoms with van der Waals surface area (Å²) in [5.41, 5.74) is 3.67. The van der Waals surface area contributed by atoms with Crippen molar-refractivity contribution in [1.82, 2.24) is 9.66 Å². The molecule has 0 saturated heterocycles. The van der Waals surface area contributed by atoms with Crippen molar-refractivity contribution in [2.24, 2.45) is 5.10 Å². The summed E-state index contributed by atoms with van der Waals surface area (Å²) in [6.07, 6.45) is 1.57. The zero-order valence-electron chi connectivity index (χ0n) is 22.1. The average Bonchev–Trinajstić information content (AvgIpc) is 2.91. The van der Waals surface area contributed by atoms with Crippen LogP contribution in [0.25, 0.3) is 22.3 Å². The largest absolute Gasteiger partial charge is 0.496 e. The maximum absolute atomic E-state index is 13.7. The van der Waals surface area contributed by atoms with E-state index in [1.807, 2.05) is 31.2 Å². The molecule has 0 N–H and O–H groups in total. The number of fused-ring (bicyclic) bond motifs is 1. The summed E-state index contributed by atoms with van der Waals surface area (Å²) < 4.78 is 18.3. The zero-order valence-corrected chi connectivity index (χ0v) is 25.3. The second-order valence-corrected chi connectivity index (χ2v) is 10.8. The number of benzene rings is 3. The van der Waals surface area contributed by atoms with Gasteiger partial charge in [-0.25, -0.2) is 9.78 Å². The van der Waals surface area contributed by atoms with Crippen LogP contribution in [-0.4, -0.2) is 42.7 Å². The molecule has 0 radical (unpaired) electrons. The van der Waals surface area contributed by atoms with Crippen molar-refractivity contribution in [1.29, 1.82) is 0 Å². The second kappa shape index (κ2) is 12.1. The average molecular weight is 657 g/mol. The number of hydrogen-bond acceptors (Lipinski definition) is 7. The second-order valence-electron chi connectivity index (χ2n) is 9.06. The summed E-state index contributed by atoms with van der Waals surface area (Å²) >= 11 is 6.96. The number of rotatable bonds is 8. The van der Waals surface area contributed by atoms with Crippen molar-refractivity contribution >= 4 is 54.9 Å². The standard InChI is InChI=1S/C29H27Br2N3O5/c1-16(2)20-13-21(17(3)10-25(20)37-4)28-33-24-9-7-6-8-19(24)29(36)34(28)32-14-18-11-22(30)27(23(31)12-18)39-15-26(35)38-5/h6-14,16H,15H2,1-5H3. The van der Waals surface area contributed by atoms with E-state index >= 15 is 0 Å². The van der Waals surface area contributed by atoms with Crippen LogP contribution in [0.5, 0.6) is 11.5 Å². The Kier molecular flexibility index (Phi) is 8.87. The van der Waals surface area contributed by atoms with E-state index < -0.39 is 5.97 Å². The van der Waals surface area contributed by atoms with Gasteiger partial charge in [0.25, 0.3) is 5.56 Å². The molecule has 0 aliphatic heterocycles. The molecular formula is C29H27Br2N3O5. The third-order valence-corrected chi connectivity index (χ3v) is 7.28. The van der Waals surface area contributed by atoms with E-state index in [4.69, 9.17) is 14.5 Å². The molecule has 39 heavy (non-hydrogen) atoms. The summed E-state index contributed by atoms with van der Waals surface area (Å²) in [5.74, 6) is 1.35. The van der Waals surface area contributed by atoms with Crippen LogP contribution in [0.4, 0.5) is 0 Å². The third-order valence-electron chi connectivity index (χ3n) is 6.10. The van der Waals surface area contributed by atoms with Crippen LogP contribution in [0, 0.1) is 6.92 Å². The summed E-state index contributed by atoms with van der Waals surface area (Å²) in [6, 6.07) is 14.7. The normalized spacial score (nSPS) is 11.4. The van der Waals surface area contributed by atoms with E-state index in [0.29, 0.717) is 37.0 Å². The van der Waals surface area contributed by atoms with E-state index in [-0.39, 0.29) is 18.1 Å². The number of ether oxygens (including phenoxy) is 3. The van der Waals surface area contributed by atoms with Crippen molar-refractivity contribution in [3.05, 3.63) is 84.5 Å². The van der Waals surface area contributed by atoms with Crippen LogP contribution in [-0.2, 0) is 9.53 Å². The van der Waals surface area contributed by atoms with Crippen LogP contribution < -0.4 is 15.0 Å². The van der Waals surface area contributed by atoms with Gasteiger partial charge in [-0.2, -0.15) is 9.78 Å². The predicted octanol–water partition coefficient (Wildman–Crippen LogP) is 6.46. The predicted molar refractivity (Wildman–Crippen MR) is 159 cm³/mol. The Bertz CT molecular complexity index is 1620. The Labute approximate surface area is 242 Å². The highest BCUT2D eigenvalue weighted by molar-refractivity contribution is 9.11. The van der Waals surface area contributed by atoms with Crippen LogP contribution >= 0.6 is 31.9 Å². The van der Waals surface area contributed by atoms with Gasteiger partial charge < -0.3 is 14.2 Å². The number of esters is 1. The first-order chi connectivity index (χ1) is 18.6. The topological polar surface area (TPSA) is 92.0 Å². The number of halogens is 2. The number of nitrogens with zero attached hydrogens (tertiary/aromatic N) is 3. The van der Waals surface area contributed by atoms with Crippen molar-refractivity contribution < 1.29 is 19.0 Å². The van der Waals surface area contributed by atoms with Crippen LogP contribution in [0.3, 0.4) is 0 Å². The van der Waals surface area contributed by atoms with Gasteiger partial charge in [-0.1, -0.05) is 26.0 Å². The molecule has 8 nitrogen and oxygen atoms in total. The Morgan fingerprint density at radius 2 is 1.79 bits per heavy atom. The Morgan fingerprint density at radius 3 is 2.44 bits per heavy atom. The molecule has 1 aromatic heterocycles. The number of aromatic nitrogens is 2. The summed E-state index contributed by atoms with van der Waals surface area (Å²) in [4.78, 5) is 30.0. The highest BCUT2D eigenvalue weighted by Crippen LogP contribution is 2.35. The molecule has 0 aliphatic rings. The fourth-order valence-corrected chi connectivity index (χ4v) is 5.53. The molecule has 202 valence electrons. The molecule has 1 heterocycles. The number of hydrogen-bond donors (Lipinski definition) is 0. The molecule has 4 aromatic rings. The number of aryl methyl sites for hydroxylation is 1. The summed E-state index contributed by atoms with van der Waals surface area (Å²) in [5, 5.41) is 5.05. The molecule has 0 amide bonds. The van der Waals surface area contributed by atoms with Gasteiger partial charge in [-0.15, -0.1) is 0 Å². The Morgan fingerprint density at radius 1 is 1.10 bits per heavy atom. The highest BCUT2D eigenvalue weighted by Gasteiger charge is 2.18. The maximum atomic E-state index is 13.7. The maximum Gasteiger partial charge on any atom is 0.343 e. The van der Waals surface area contributed by atoms with E-state index in [2.05, 4.69) is 55.5 Å². The van der Waals surface area contributed by atoms with Crippen molar-refractivity contribution in [3.63, 3.8) is 0 Å². The first-order valence-electron chi connectivity index (χ1n) is 12.1. The first kappa shape index (κ1) is 28.5. The molecule has 0 unspecified atom stereocenters. The fraction of sp³-hybridized carbons (Fsp3) is 0.241. The molecule has 0 spiro atoms. The van der Waals surface area contributed by atoms with Gasteiger partial charge in [-0.3, -0.25) is 4.79 Å². The molecule has 0 bridgehead atoms. The van der Waals surface area contributed by atoms with E-state index in [1.54, 1.807) is 37.6 Å². The zero-order chi connectivity index (χ0) is 28.3. The number of para-hydroxylation sites is 1. The van der Waals surface area contributed by atoms with Gasteiger partial charge in [0.15, 0.2) is 12.4 Å². The van der Waals surface area contributed by atoms with Crippen molar-refractivity contribution in [2.75, 3.05) is 20.8 Å². The molecule has 0 fully saturated rings. The fourth-order valence-electron chi connectivity index (χ4n) is 4.08. The van der Waals surface area contributed by atoms with Gasteiger partial charge in [0.05, 0.1) is 40.3 Å². The molecule has 3 aromatic carbocycles. The lowest BCUT2D eigenvalue weighted by Gasteiger charge is -2.17. The first-order valence-corrected chi connectivity index (χ1v) is 13.7. The lowest BCUT2D eigenvalue weighted by Crippen LogP contribution is -2.20. The number of carbonyl (C=O) groups excluding carboxylic acids is 1. The lowest BCUT2D eigenvalue weighted by atomic mass is 9.96. The van der Waals surface area contributed by atoms with E-state index in [0.717, 1.165) is 22.4 Å². The lowest BCUT2D eigenvalue weighted by molar-refractivity contribution is -0.142.